The second-order valence-corrected chi connectivity index (χ2v) is 7.77. The number of thiocarbonyl (C=S) groups is 1. The van der Waals surface area contributed by atoms with Crippen LogP contribution in [0, 0.1) is 0 Å². The van der Waals surface area contributed by atoms with E-state index in [9.17, 15) is 4.79 Å². The highest BCUT2D eigenvalue weighted by atomic mass is 35.6. The summed E-state index contributed by atoms with van der Waals surface area (Å²) in [4.78, 5) is 13.9. The Morgan fingerprint density at radius 1 is 1.17 bits per heavy atom. The van der Waals surface area contributed by atoms with Gasteiger partial charge in [0.2, 0.25) is 3.79 Å². The van der Waals surface area contributed by atoms with E-state index in [1.54, 1.807) is 4.90 Å². The topological polar surface area (TPSA) is 65.6 Å². The summed E-state index contributed by atoms with van der Waals surface area (Å²) in [6.45, 7) is 1.91. The Balaban J connectivity index is 1.95. The number of morpholine rings is 1. The number of amides is 2. The van der Waals surface area contributed by atoms with Gasteiger partial charge in [0.15, 0.2) is 11.3 Å². The van der Waals surface area contributed by atoms with Crippen molar-refractivity contribution >= 4 is 63.9 Å². The molecule has 0 aliphatic carbocycles. The minimum Gasteiger partial charge on any atom is -0.378 e. The quantitative estimate of drug-likeness (QED) is 0.405. The van der Waals surface area contributed by atoms with Crippen LogP contribution in [0.25, 0.3) is 0 Å². The van der Waals surface area contributed by atoms with Gasteiger partial charge in [-0.15, -0.1) is 0 Å². The Morgan fingerprint density at radius 2 is 1.79 bits per heavy atom. The normalized spacial score (nSPS) is 16.2. The van der Waals surface area contributed by atoms with Crippen molar-refractivity contribution < 1.29 is 9.53 Å². The van der Waals surface area contributed by atoms with Crippen LogP contribution in [0.5, 0.6) is 0 Å². The summed E-state index contributed by atoms with van der Waals surface area (Å²) >= 11 is 23.1. The van der Waals surface area contributed by atoms with E-state index in [1.807, 2.05) is 30.3 Å². The molecule has 1 aromatic carbocycles. The van der Waals surface area contributed by atoms with Gasteiger partial charge in [0.25, 0.3) is 0 Å². The highest BCUT2D eigenvalue weighted by Gasteiger charge is 2.35. The van der Waals surface area contributed by atoms with Gasteiger partial charge in [0.1, 0.15) is 0 Å². The van der Waals surface area contributed by atoms with E-state index in [1.165, 1.54) is 0 Å². The lowest BCUT2D eigenvalue weighted by molar-refractivity contribution is 0.0524. The van der Waals surface area contributed by atoms with Crippen LogP contribution in [-0.4, -0.2) is 52.3 Å². The molecule has 0 unspecified atom stereocenters. The predicted molar refractivity (Wildman–Crippen MR) is 101 cm³/mol. The van der Waals surface area contributed by atoms with E-state index in [2.05, 4.69) is 16.0 Å². The lowest BCUT2D eigenvalue weighted by Crippen LogP contribution is -2.59. The fraction of sp³-hybridized carbons (Fsp3) is 0.429. The summed E-state index contributed by atoms with van der Waals surface area (Å²) in [5, 5.41) is 8.63. The van der Waals surface area contributed by atoms with Gasteiger partial charge in [-0.2, -0.15) is 0 Å². The lowest BCUT2D eigenvalue weighted by atomic mass is 10.3. The van der Waals surface area contributed by atoms with Crippen LogP contribution >= 0.6 is 47.0 Å². The number of carbonyl (C=O) groups is 1. The van der Waals surface area contributed by atoms with Gasteiger partial charge < -0.3 is 25.6 Å². The second kappa shape index (κ2) is 8.92. The summed E-state index contributed by atoms with van der Waals surface area (Å²) in [5.41, 5.74) is 0.776. The first-order chi connectivity index (χ1) is 11.4. The van der Waals surface area contributed by atoms with Crippen LogP contribution in [0.1, 0.15) is 0 Å². The number of alkyl halides is 3. The molecule has 1 saturated heterocycles. The molecule has 6 nitrogen and oxygen atoms in total. The third-order valence-corrected chi connectivity index (χ3v) is 4.08. The minimum absolute atomic E-state index is 0.222. The van der Waals surface area contributed by atoms with Crippen molar-refractivity contribution in [3.05, 3.63) is 30.3 Å². The molecule has 132 valence electrons. The van der Waals surface area contributed by atoms with Gasteiger partial charge in [-0.25, -0.2) is 4.79 Å². The van der Waals surface area contributed by atoms with Crippen molar-refractivity contribution in [3.8, 4) is 0 Å². The van der Waals surface area contributed by atoms with Gasteiger partial charge in [0, 0.05) is 18.8 Å². The van der Waals surface area contributed by atoms with Crippen LogP contribution in [0.4, 0.5) is 10.5 Å². The standard InChI is InChI=1S/C14H17Cl3N4O2S/c15-14(16,17)11(20-13(22)21-6-8-23-9-7-21)19-12(24)18-10-4-2-1-3-5-10/h1-5,11H,6-9H2,(H,20,22)(H2,18,19,24)/t11-/m0/s1. The van der Waals surface area contributed by atoms with Gasteiger partial charge >= 0.3 is 6.03 Å². The van der Waals surface area contributed by atoms with E-state index in [0.29, 0.717) is 26.3 Å². The molecule has 0 radical (unpaired) electrons. The fourth-order valence-corrected chi connectivity index (χ4v) is 2.56. The minimum atomic E-state index is -1.79. The van der Waals surface area contributed by atoms with E-state index in [4.69, 9.17) is 51.8 Å². The number of para-hydroxylation sites is 1. The number of ether oxygens (including phenoxy) is 1. The van der Waals surface area contributed by atoms with Crippen LogP contribution in [-0.2, 0) is 4.74 Å². The molecule has 3 N–H and O–H groups in total. The zero-order valence-corrected chi connectivity index (χ0v) is 15.7. The van der Waals surface area contributed by atoms with Gasteiger partial charge in [-0.1, -0.05) is 53.0 Å². The molecule has 0 spiro atoms. The zero-order valence-electron chi connectivity index (χ0n) is 12.6. The number of anilines is 1. The molecule has 24 heavy (non-hydrogen) atoms. The molecule has 10 heteroatoms. The van der Waals surface area contributed by atoms with Gasteiger partial charge in [-0.05, 0) is 24.4 Å². The zero-order chi connectivity index (χ0) is 17.6. The SMILES string of the molecule is O=C(N[C@H](NC(=S)Nc1ccccc1)C(Cl)(Cl)Cl)N1CCOCC1. The van der Waals surface area contributed by atoms with E-state index in [-0.39, 0.29) is 11.1 Å². The third kappa shape index (κ3) is 6.14. The van der Waals surface area contributed by atoms with Crippen molar-refractivity contribution in [1.29, 1.82) is 0 Å². The van der Waals surface area contributed by atoms with Crippen molar-refractivity contribution in [2.75, 3.05) is 31.6 Å². The van der Waals surface area contributed by atoms with Crippen molar-refractivity contribution in [2.45, 2.75) is 9.96 Å². The summed E-state index contributed by atoms with van der Waals surface area (Å²) < 4.78 is 3.42. The molecule has 1 aromatic rings. The predicted octanol–water partition coefficient (Wildman–Crippen LogP) is 2.71. The lowest BCUT2D eigenvalue weighted by Gasteiger charge is -2.32. The summed E-state index contributed by atoms with van der Waals surface area (Å²) in [6.07, 6.45) is -0.999. The summed E-state index contributed by atoms with van der Waals surface area (Å²) in [6, 6.07) is 8.92. The fourth-order valence-electron chi connectivity index (χ4n) is 2.00. The maximum Gasteiger partial charge on any atom is 0.319 e. The average Bonchev–Trinajstić information content (AvgIpc) is 2.55. The smallest absolute Gasteiger partial charge is 0.319 e. The molecular formula is C14H17Cl3N4O2S. The number of nitrogens with one attached hydrogen (secondary N) is 3. The maximum atomic E-state index is 12.3. The van der Waals surface area contributed by atoms with Gasteiger partial charge in [0.05, 0.1) is 13.2 Å². The second-order valence-electron chi connectivity index (χ2n) is 4.99. The number of nitrogens with zero attached hydrogens (tertiary/aromatic N) is 1. The molecule has 2 rings (SSSR count). The highest BCUT2D eigenvalue weighted by molar-refractivity contribution is 7.80. The number of carbonyl (C=O) groups excluding carboxylic acids is 1. The third-order valence-electron chi connectivity index (χ3n) is 3.20. The summed E-state index contributed by atoms with van der Waals surface area (Å²) in [7, 11) is 0. The Kier molecular flexibility index (Phi) is 7.18. The maximum absolute atomic E-state index is 12.3. The summed E-state index contributed by atoms with van der Waals surface area (Å²) in [5.74, 6) is 0. The van der Waals surface area contributed by atoms with Crippen molar-refractivity contribution in [2.24, 2.45) is 0 Å². The number of rotatable bonds is 3. The molecule has 0 aromatic heterocycles. The number of hydrogen-bond donors (Lipinski definition) is 3. The molecular weight excluding hydrogens is 395 g/mol. The van der Waals surface area contributed by atoms with E-state index in [0.717, 1.165) is 5.69 Å². The first-order valence-electron chi connectivity index (χ1n) is 7.19. The van der Waals surface area contributed by atoms with Crippen LogP contribution in [0.2, 0.25) is 0 Å². The first kappa shape index (κ1) is 19.3. The Hall–Kier alpha value is -0.990. The Labute approximate surface area is 160 Å². The molecule has 0 bridgehead atoms. The molecule has 0 saturated carbocycles. The largest absolute Gasteiger partial charge is 0.378 e. The van der Waals surface area contributed by atoms with Crippen molar-refractivity contribution in [1.82, 2.24) is 15.5 Å². The molecule has 1 atom stereocenters. The molecule has 1 aliphatic heterocycles. The molecule has 1 fully saturated rings. The molecule has 1 aliphatic rings. The number of urea groups is 1. The Morgan fingerprint density at radius 3 is 2.38 bits per heavy atom. The van der Waals surface area contributed by atoms with Crippen LogP contribution < -0.4 is 16.0 Å². The Bertz CT molecular complexity index is 565. The van der Waals surface area contributed by atoms with E-state index < -0.39 is 9.96 Å². The van der Waals surface area contributed by atoms with Crippen molar-refractivity contribution in [3.63, 3.8) is 0 Å². The number of halogens is 3. The number of hydrogen-bond acceptors (Lipinski definition) is 3. The first-order valence-corrected chi connectivity index (χ1v) is 8.73. The average molecular weight is 412 g/mol. The van der Waals surface area contributed by atoms with Crippen LogP contribution in [0.15, 0.2) is 30.3 Å². The van der Waals surface area contributed by atoms with E-state index >= 15 is 0 Å². The van der Waals surface area contributed by atoms with Crippen LogP contribution in [0.3, 0.4) is 0 Å². The highest BCUT2D eigenvalue weighted by Crippen LogP contribution is 2.29. The number of benzene rings is 1. The molecule has 2 amide bonds. The van der Waals surface area contributed by atoms with Gasteiger partial charge in [-0.3, -0.25) is 0 Å². The monoisotopic (exact) mass is 410 g/mol. The molecule has 1 heterocycles.